The van der Waals surface area contributed by atoms with Gasteiger partial charge in [-0.05, 0) is 67.2 Å². The fourth-order valence-electron chi connectivity index (χ4n) is 5.95. The molecular formula is C33H47FO2. The van der Waals surface area contributed by atoms with E-state index in [4.69, 9.17) is 0 Å². The number of rotatable bonds is 15. The largest absolute Gasteiger partial charge is 0.481 e. The van der Waals surface area contributed by atoms with Crippen LogP contribution in [0.2, 0.25) is 0 Å². The molecular weight excluding hydrogens is 447 g/mol. The lowest BCUT2D eigenvalue weighted by Crippen LogP contribution is -2.39. The number of carbonyl (C=O) groups is 1. The zero-order chi connectivity index (χ0) is 25.8. The van der Waals surface area contributed by atoms with Gasteiger partial charge in [0.05, 0.1) is 5.41 Å². The molecule has 1 N–H and O–H groups in total. The molecule has 0 spiro atoms. The summed E-state index contributed by atoms with van der Waals surface area (Å²) < 4.78 is 15.3. The SMILES string of the molecule is CCCCCCCc1ccc(-c2ccc([C@]3(C(=O)O)CC[C@H](CCCCCCC)CC3)cc2F)cc1. The molecule has 0 saturated heterocycles. The van der Waals surface area contributed by atoms with Crippen LogP contribution in [0.15, 0.2) is 42.5 Å². The van der Waals surface area contributed by atoms with Crippen LogP contribution < -0.4 is 0 Å². The molecule has 0 amide bonds. The number of unbranched alkanes of at least 4 members (excludes halogenated alkanes) is 8. The van der Waals surface area contributed by atoms with E-state index in [0.717, 1.165) is 24.8 Å². The molecule has 2 aromatic rings. The van der Waals surface area contributed by atoms with Gasteiger partial charge in [-0.3, -0.25) is 4.79 Å². The van der Waals surface area contributed by atoms with Crippen molar-refractivity contribution in [3.63, 3.8) is 0 Å². The van der Waals surface area contributed by atoms with E-state index < -0.39 is 11.4 Å². The Morgan fingerprint density at radius 2 is 1.47 bits per heavy atom. The smallest absolute Gasteiger partial charge is 0.314 e. The molecule has 0 aliphatic heterocycles. The van der Waals surface area contributed by atoms with Crippen LogP contribution in [-0.4, -0.2) is 11.1 Å². The minimum Gasteiger partial charge on any atom is -0.481 e. The van der Waals surface area contributed by atoms with Gasteiger partial charge in [-0.1, -0.05) is 114 Å². The van der Waals surface area contributed by atoms with Crippen molar-refractivity contribution in [2.75, 3.05) is 0 Å². The molecule has 0 bridgehead atoms. The number of hydrogen-bond donors (Lipinski definition) is 1. The zero-order valence-corrected chi connectivity index (χ0v) is 22.7. The van der Waals surface area contributed by atoms with Crippen LogP contribution in [0.1, 0.15) is 121 Å². The second-order valence-corrected chi connectivity index (χ2v) is 11.1. The van der Waals surface area contributed by atoms with Gasteiger partial charge in [-0.2, -0.15) is 0 Å². The zero-order valence-electron chi connectivity index (χ0n) is 22.7. The van der Waals surface area contributed by atoms with Crippen LogP contribution in [0.4, 0.5) is 4.39 Å². The first kappa shape index (κ1) is 28.4. The van der Waals surface area contributed by atoms with Crippen molar-refractivity contribution < 1.29 is 14.3 Å². The molecule has 36 heavy (non-hydrogen) atoms. The Hall–Kier alpha value is -2.16. The van der Waals surface area contributed by atoms with Crippen LogP contribution in [0.5, 0.6) is 0 Å². The van der Waals surface area contributed by atoms with Gasteiger partial charge in [0, 0.05) is 5.56 Å². The molecule has 0 aromatic heterocycles. The number of carboxylic acid groups (broad SMARTS) is 1. The van der Waals surface area contributed by atoms with Crippen molar-refractivity contribution in [3.05, 3.63) is 59.4 Å². The third kappa shape index (κ3) is 7.67. The lowest BCUT2D eigenvalue weighted by Gasteiger charge is -2.37. The fraction of sp³-hybridized carbons (Fsp3) is 0.606. The number of aryl methyl sites for hydroxylation is 1. The highest BCUT2D eigenvalue weighted by Gasteiger charge is 2.43. The van der Waals surface area contributed by atoms with E-state index in [0.29, 0.717) is 29.9 Å². The molecule has 2 aromatic carbocycles. The third-order valence-corrected chi connectivity index (χ3v) is 8.44. The number of hydrogen-bond acceptors (Lipinski definition) is 1. The predicted molar refractivity (Wildman–Crippen MR) is 149 cm³/mol. The molecule has 0 unspecified atom stereocenters. The lowest BCUT2D eigenvalue weighted by atomic mass is 9.66. The van der Waals surface area contributed by atoms with Crippen LogP contribution in [0.3, 0.4) is 0 Å². The second kappa shape index (κ2) is 14.5. The quantitative estimate of drug-likeness (QED) is 0.250. The van der Waals surface area contributed by atoms with E-state index >= 15 is 4.39 Å². The maximum Gasteiger partial charge on any atom is 0.314 e. The van der Waals surface area contributed by atoms with E-state index in [-0.39, 0.29) is 5.82 Å². The maximum atomic E-state index is 15.3. The van der Waals surface area contributed by atoms with Gasteiger partial charge >= 0.3 is 5.97 Å². The highest BCUT2D eigenvalue weighted by Crippen LogP contribution is 2.44. The average molecular weight is 495 g/mol. The molecule has 1 aliphatic carbocycles. The Kier molecular flexibility index (Phi) is 11.5. The highest BCUT2D eigenvalue weighted by atomic mass is 19.1. The predicted octanol–water partition coefficient (Wildman–Crippen LogP) is 9.88. The van der Waals surface area contributed by atoms with Gasteiger partial charge in [-0.25, -0.2) is 4.39 Å². The van der Waals surface area contributed by atoms with Crippen LogP contribution >= 0.6 is 0 Å². The summed E-state index contributed by atoms with van der Waals surface area (Å²) in [5.74, 6) is -0.522. The molecule has 1 fully saturated rings. The molecule has 0 heterocycles. The van der Waals surface area contributed by atoms with Gasteiger partial charge in [0.2, 0.25) is 0 Å². The number of halogens is 1. The first-order chi connectivity index (χ1) is 17.5. The Bertz CT molecular complexity index is 925. The van der Waals surface area contributed by atoms with Gasteiger partial charge < -0.3 is 5.11 Å². The Morgan fingerprint density at radius 3 is 2.06 bits per heavy atom. The number of carboxylic acids is 1. The fourth-order valence-corrected chi connectivity index (χ4v) is 5.95. The van der Waals surface area contributed by atoms with Crippen molar-refractivity contribution in [1.82, 2.24) is 0 Å². The normalized spacial score (nSPS) is 19.9. The maximum absolute atomic E-state index is 15.3. The van der Waals surface area contributed by atoms with E-state index in [9.17, 15) is 9.90 Å². The summed E-state index contributed by atoms with van der Waals surface area (Å²) in [7, 11) is 0. The van der Waals surface area contributed by atoms with Crippen molar-refractivity contribution in [2.24, 2.45) is 5.92 Å². The van der Waals surface area contributed by atoms with E-state index in [1.165, 1.54) is 82.3 Å². The summed E-state index contributed by atoms with van der Waals surface area (Å²) in [5.41, 5.74) is 2.36. The summed E-state index contributed by atoms with van der Waals surface area (Å²) in [4.78, 5) is 12.4. The Balaban J connectivity index is 1.61. The molecule has 0 radical (unpaired) electrons. The van der Waals surface area contributed by atoms with Crippen LogP contribution in [-0.2, 0) is 16.6 Å². The minimum absolute atomic E-state index is 0.321. The van der Waals surface area contributed by atoms with Gasteiger partial charge in [0.15, 0.2) is 0 Å². The molecule has 1 saturated carbocycles. The molecule has 0 atom stereocenters. The summed E-state index contributed by atoms with van der Waals surface area (Å²) in [5, 5.41) is 10.2. The van der Waals surface area contributed by atoms with Crippen molar-refractivity contribution in [3.8, 4) is 11.1 Å². The standard InChI is InChI=1S/C33H47FO2/c1-3-5-7-9-11-13-26-15-17-28(18-16-26)30-20-19-29(25-31(30)34)33(32(35)36)23-21-27(22-24-33)14-12-10-8-6-4-2/h15-20,25,27H,3-14,21-24H2,1-2H3,(H,35,36)/t27-,33-. The first-order valence-electron chi connectivity index (χ1n) is 14.6. The second-order valence-electron chi connectivity index (χ2n) is 11.1. The topological polar surface area (TPSA) is 37.3 Å². The number of benzene rings is 2. The van der Waals surface area contributed by atoms with Gasteiger partial charge in [0.1, 0.15) is 5.82 Å². The third-order valence-electron chi connectivity index (χ3n) is 8.44. The van der Waals surface area contributed by atoms with Gasteiger partial charge in [0.25, 0.3) is 0 Å². The van der Waals surface area contributed by atoms with Crippen molar-refractivity contribution in [1.29, 1.82) is 0 Å². The van der Waals surface area contributed by atoms with Crippen molar-refractivity contribution in [2.45, 2.75) is 122 Å². The van der Waals surface area contributed by atoms with E-state index in [1.807, 2.05) is 18.2 Å². The van der Waals surface area contributed by atoms with Crippen LogP contribution in [0, 0.1) is 11.7 Å². The summed E-state index contributed by atoms with van der Waals surface area (Å²) in [6.45, 7) is 4.46. The summed E-state index contributed by atoms with van der Waals surface area (Å²) in [6.07, 6.45) is 18.0. The lowest BCUT2D eigenvalue weighted by molar-refractivity contribution is -0.145. The molecule has 1 aliphatic rings. The van der Waals surface area contributed by atoms with Gasteiger partial charge in [-0.15, -0.1) is 0 Å². The molecule has 3 heteroatoms. The first-order valence-corrected chi connectivity index (χ1v) is 14.6. The number of aliphatic carboxylic acids is 1. The molecule has 2 nitrogen and oxygen atoms in total. The molecule has 198 valence electrons. The van der Waals surface area contributed by atoms with E-state index in [1.54, 1.807) is 6.07 Å². The summed E-state index contributed by atoms with van der Waals surface area (Å²) in [6, 6.07) is 13.3. The van der Waals surface area contributed by atoms with Crippen molar-refractivity contribution >= 4 is 5.97 Å². The molecule has 3 rings (SSSR count). The Morgan fingerprint density at radius 1 is 0.861 bits per heavy atom. The monoisotopic (exact) mass is 494 g/mol. The van der Waals surface area contributed by atoms with Crippen LogP contribution in [0.25, 0.3) is 11.1 Å². The average Bonchev–Trinajstić information content (AvgIpc) is 2.89. The summed E-state index contributed by atoms with van der Waals surface area (Å²) >= 11 is 0. The van der Waals surface area contributed by atoms with E-state index in [2.05, 4.69) is 26.0 Å². The minimum atomic E-state index is -0.959. The highest BCUT2D eigenvalue weighted by molar-refractivity contribution is 5.82. The Labute approximate surface area is 218 Å².